The van der Waals surface area contributed by atoms with Gasteiger partial charge in [0.05, 0.1) is 0 Å². The lowest BCUT2D eigenvalue weighted by molar-refractivity contribution is -0.152. The molecule has 3 heteroatoms. The third kappa shape index (κ3) is 2.60. The van der Waals surface area contributed by atoms with Gasteiger partial charge in [0.1, 0.15) is 12.0 Å². The fraction of sp³-hybridized carbons (Fsp3) is 0.562. The molecule has 1 N–H and O–H groups in total. The molecule has 0 bridgehead atoms. The number of fused-ring (bicyclic) bond motifs is 1. The first kappa shape index (κ1) is 12.5. The molecule has 1 aromatic carbocycles. The lowest BCUT2D eigenvalue weighted by atomic mass is 9.88. The SMILES string of the molecule is CC1CCCC(OC(=O)C2CNc3ccccc32)C1. The van der Waals surface area contributed by atoms with Crippen LogP contribution in [0.2, 0.25) is 0 Å². The standard InChI is InChI=1S/C16H21NO2/c1-11-5-4-6-12(9-11)19-16(18)14-10-17-15-8-3-2-7-13(14)15/h2-3,7-8,11-12,14,17H,4-6,9-10H2,1H3. The van der Waals surface area contributed by atoms with Crippen LogP contribution in [-0.4, -0.2) is 18.6 Å². The maximum Gasteiger partial charge on any atom is 0.315 e. The van der Waals surface area contributed by atoms with Crippen LogP contribution in [0.25, 0.3) is 0 Å². The molecule has 0 aromatic heterocycles. The highest BCUT2D eigenvalue weighted by Gasteiger charge is 2.32. The van der Waals surface area contributed by atoms with Gasteiger partial charge in [0.2, 0.25) is 0 Å². The van der Waals surface area contributed by atoms with Gasteiger partial charge in [0.25, 0.3) is 0 Å². The van der Waals surface area contributed by atoms with Crippen LogP contribution in [0.1, 0.15) is 44.1 Å². The van der Waals surface area contributed by atoms with Gasteiger partial charge in [-0.25, -0.2) is 0 Å². The minimum absolute atomic E-state index is 0.0587. The largest absolute Gasteiger partial charge is 0.462 e. The van der Waals surface area contributed by atoms with Crippen LogP contribution in [0.3, 0.4) is 0 Å². The summed E-state index contributed by atoms with van der Waals surface area (Å²) in [4.78, 5) is 12.3. The number of benzene rings is 1. The summed E-state index contributed by atoms with van der Waals surface area (Å²) in [7, 11) is 0. The van der Waals surface area contributed by atoms with Crippen LogP contribution in [0.5, 0.6) is 0 Å². The second kappa shape index (κ2) is 5.24. The van der Waals surface area contributed by atoms with E-state index in [1.165, 1.54) is 12.8 Å². The van der Waals surface area contributed by atoms with Crippen molar-refractivity contribution in [1.82, 2.24) is 0 Å². The summed E-state index contributed by atoms with van der Waals surface area (Å²) in [5, 5.41) is 3.28. The van der Waals surface area contributed by atoms with Crippen LogP contribution in [0.15, 0.2) is 24.3 Å². The van der Waals surface area contributed by atoms with Gasteiger partial charge >= 0.3 is 5.97 Å². The second-order valence-electron chi connectivity index (χ2n) is 5.85. The number of carbonyl (C=O) groups excluding carboxylic acids is 1. The Bertz CT molecular complexity index is 472. The van der Waals surface area contributed by atoms with E-state index in [9.17, 15) is 4.79 Å². The highest BCUT2D eigenvalue weighted by Crippen LogP contribution is 2.33. The Morgan fingerprint density at radius 2 is 2.16 bits per heavy atom. The van der Waals surface area contributed by atoms with Crippen molar-refractivity contribution in [3.63, 3.8) is 0 Å². The number of rotatable bonds is 2. The van der Waals surface area contributed by atoms with Crippen molar-refractivity contribution in [2.45, 2.75) is 44.6 Å². The molecule has 3 atom stereocenters. The third-order valence-electron chi connectivity index (χ3n) is 4.29. The van der Waals surface area contributed by atoms with Gasteiger partial charge in [-0.3, -0.25) is 4.79 Å². The minimum Gasteiger partial charge on any atom is -0.462 e. The first-order valence-corrected chi connectivity index (χ1v) is 7.27. The molecule has 1 aliphatic heterocycles. The van der Waals surface area contributed by atoms with E-state index < -0.39 is 0 Å². The molecule has 1 aliphatic carbocycles. The van der Waals surface area contributed by atoms with Crippen LogP contribution in [0.4, 0.5) is 5.69 Å². The maximum atomic E-state index is 12.3. The summed E-state index contributed by atoms with van der Waals surface area (Å²) in [6.45, 7) is 2.91. The third-order valence-corrected chi connectivity index (χ3v) is 4.29. The fourth-order valence-corrected chi connectivity index (χ4v) is 3.23. The Labute approximate surface area is 114 Å². The van der Waals surface area contributed by atoms with Gasteiger partial charge in [-0.2, -0.15) is 0 Å². The van der Waals surface area contributed by atoms with Crippen LogP contribution in [0, 0.1) is 5.92 Å². The first-order chi connectivity index (χ1) is 9.24. The molecule has 102 valence electrons. The van der Waals surface area contributed by atoms with Crippen molar-refractivity contribution in [2.24, 2.45) is 5.92 Å². The zero-order chi connectivity index (χ0) is 13.2. The molecule has 2 aliphatic rings. The van der Waals surface area contributed by atoms with Gasteiger partial charge < -0.3 is 10.1 Å². The molecule has 1 aromatic rings. The molecule has 0 amide bonds. The van der Waals surface area contributed by atoms with E-state index in [0.29, 0.717) is 12.5 Å². The Balaban J connectivity index is 1.65. The number of hydrogen-bond donors (Lipinski definition) is 1. The van der Waals surface area contributed by atoms with Crippen molar-refractivity contribution in [1.29, 1.82) is 0 Å². The molecule has 19 heavy (non-hydrogen) atoms. The smallest absolute Gasteiger partial charge is 0.315 e. The second-order valence-corrected chi connectivity index (χ2v) is 5.85. The Kier molecular flexibility index (Phi) is 3.45. The average molecular weight is 259 g/mol. The predicted octanol–water partition coefficient (Wildman–Crippen LogP) is 3.32. The number of para-hydroxylation sites is 1. The fourth-order valence-electron chi connectivity index (χ4n) is 3.23. The number of carbonyl (C=O) groups is 1. The van der Waals surface area contributed by atoms with Crippen LogP contribution >= 0.6 is 0 Å². The van der Waals surface area contributed by atoms with E-state index in [1.807, 2.05) is 24.3 Å². The van der Waals surface area contributed by atoms with E-state index in [-0.39, 0.29) is 18.0 Å². The molecule has 0 radical (unpaired) electrons. The summed E-state index contributed by atoms with van der Waals surface area (Å²) >= 11 is 0. The normalized spacial score (nSPS) is 29.4. The summed E-state index contributed by atoms with van der Waals surface area (Å²) in [5.41, 5.74) is 2.15. The molecule has 3 unspecified atom stereocenters. The van der Waals surface area contributed by atoms with Crippen LogP contribution < -0.4 is 5.32 Å². The molecule has 0 saturated heterocycles. The summed E-state index contributed by atoms with van der Waals surface area (Å²) < 4.78 is 5.72. The van der Waals surface area contributed by atoms with E-state index >= 15 is 0 Å². The van der Waals surface area contributed by atoms with E-state index in [0.717, 1.165) is 24.1 Å². The molecule has 0 spiro atoms. The summed E-state index contributed by atoms with van der Waals surface area (Å²) in [6.07, 6.45) is 4.62. The zero-order valence-electron chi connectivity index (χ0n) is 11.4. The average Bonchev–Trinajstić information content (AvgIpc) is 2.82. The van der Waals surface area contributed by atoms with Crippen LogP contribution in [-0.2, 0) is 9.53 Å². The number of nitrogens with one attached hydrogen (secondary N) is 1. The van der Waals surface area contributed by atoms with E-state index in [1.54, 1.807) is 0 Å². The number of ether oxygens (including phenoxy) is 1. The van der Waals surface area contributed by atoms with Crippen molar-refractivity contribution in [2.75, 3.05) is 11.9 Å². The predicted molar refractivity (Wildman–Crippen MR) is 75.2 cm³/mol. The Morgan fingerprint density at radius 1 is 1.32 bits per heavy atom. The van der Waals surface area contributed by atoms with Gasteiger partial charge in [0.15, 0.2) is 0 Å². The Morgan fingerprint density at radius 3 is 3.00 bits per heavy atom. The van der Waals surface area contributed by atoms with Crippen molar-refractivity contribution in [3.05, 3.63) is 29.8 Å². The van der Waals surface area contributed by atoms with Crippen molar-refractivity contribution in [3.8, 4) is 0 Å². The topological polar surface area (TPSA) is 38.3 Å². The molecule has 1 fully saturated rings. The van der Waals surface area contributed by atoms with Gasteiger partial charge in [-0.05, 0) is 36.8 Å². The molecule has 3 rings (SSSR count). The lowest BCUT2D eigenvalue weighted by Gasteiger charge is -2.27. The van der Waals surface area contributed by atoms with Gasteiger partial charge in [-0.15, -0.1) is 0 Å². The maximum absolute atomic E-state index is 12.3. The van der Waals surface area contributed by atoms with E-state index in [2.05, 4.69) is 12.2 Å². The minimum atomic E-state index is -0.131. The van der Waals surface area contributed by atoms with Crippen molar-refractivity contribution < 1.29 is 9.53 Å². The number of esters is 1. The quantitative estimate of drug-likeness (QED) is 0.828. The summed E-state index contributed by atoms with van der Waals surface area (Å²) in [6, 6.07) is 8.01. The molecule has 1 saturated carbocycles. The zero-order valence-corrected chi connectivity index (χ0v) is 11.4. The highest BCUT2D eigenvalue weighted by molar-refractivity contribution is 5.84. The molecular formula is C16H21NO2. The monoisotopic (exact) mass is 259 g/mol. The number of hydrogen-bond acceptors (Lipinski definition) is 3. The van der Waals surface area contributed by atoms with Gasteiger partial charge in [-0.1, -0.05) is 31.5 Å². The van der Waals surface area contributed by atoms with Gasteiger partial charge in [0, 0.05) is 12.2 Å². The van der Waals surface area contributed by atoms with E-state index in [4.69, 9.17) is 4.74 Å². The highest BCUT2D eigenvalue weighted by atomic mass is 16.5. The Hall–Kier alpha value is -1.51. The number of anilines is 1. The molecule has 3 nitrogen and oxygen atoms in total. The summed E-state index contributed by atoms with van der Waals surface area (Å²) in [5.74, 6) is 0.491. The van der Waals surface area contributed by atoms with Crippen molar-refractivity contribution >= 4 is 11.7 Å². The molecule has 1 heterocycles. The molecular weight excluding hydrogens is 238 g/mol. The first-order valence-electron chi connectivity index (χ1n) is 7.27. The lowest BCUT2D eigenvalue weighted by Crippen LogP contribution is -2.28.